The molecule has 0 saturated carbocycles. The van der Waals surface area contributed by atoms with Gasteiger partial charge in [0.2, 0.25) is 0 Å². The van der Waals surface area contributed by atoms with Crippen molar-refractivity contribution in [3.05, 3.63) is 98.7 Å². The average Bonchev–Trinajstić information content (AvgIpc) is 3.13. The average molecular weight is 484 g/mol. The van der Waals surface area contributed by atoms with Gasteiger partial charge in [-0.1, -0.05) is 47.0 Å². The quantitative estimate of drug-likeness (QED) is 0.512. The number of halogens is 1. The summed E-state index contributed by atoms with van der Waals surface area (Å²) in [7, 11) is 0. The van der Waals surface area contributed by atoms with E-state index in [0.29, 0.717) is 46.2 Å². The molecule has 5 rings (SSSR count). The maximum Gasteiger partial charge on any atom is 0.161 e. The lowest BCUT2D eigenvalue weighted by molar-refractivity contribution is -0.116. The van der Waals surface area contributed by atoms with Crippen molar-refractivity contribution in [2.75, 3.05) is 4.90 Å². The van der Waals surface area contributed by atoms with Crippen molar-refractivity contribution in [1.82, 2.24) is 9.78 Å². The molecule has 1 aromatic heterocycles. The number of nitrogens with zero attached hydrogens (tertiary/aromatic N) is 4. The van der Waals surface area contributed by atoms with Gasteiger partial charge in [0, 0.05) is 28.9 Å². The molecule has 0 radical (unpaired) electrons. The van der Waals surface area contributed by atoms with Gasteiger partial charge in [-0.3, -0.25) is 9.69 Å². The molecule has 35 heavy (non-hydrogen) atoms. The summed E-state index contributed by atoms with van der Waals surface area (Å²) in [5, 5.41) is 15.4. The first-order valence-corrected chi connectivity index (χ1v) is 12.0. The van der Waals surface area contributed by atoms with Gasteiger partial charge in [0.1, 0.15) is 11.0 Å². The molecular weight excluding hydrogens is 458 g/mol. The predicted molar refractivity (Wildman–Crippen MR) is 137 cm³/mol. The van der Waals surface area contributed by atoms with Crippen LogP contribution in [0, 0.1) is 32.1 Å². The first-order chi connectivity index (χ1) is 16.8. The van der Waals surface area contributed by atoms with Crippen molar-refractivity contribution in [2.45, 2.75) is 46.0 Å². The molecule has 1 aliphatic carbocycles. The zero-order valence-electron chi connectivity index (χ0n) is 20.0. The summed E-state index contributed by atoms with van der Waals surface area (Å²) in [5.74, 6) is -0.309. The van der Waals surface area contributed by atoms with E-state index in [1.54, 1.807) is 4.68 Å². The van der Waals surface area contributed by atoms with E-state index in [4.69, 9.17) is 22.4 Å². The second-order valence-corrected chi connectivity index (χ2v) is 9.55. The Bertz CT molecular complexity index is 1440. The van der Waals surface area contributed by atoms with E-state index in [1.807, 2.05) is 74.2 Å². The summed E-state index contributed by atoms with van der Waals surface area (Å²) in [6.07, 6.45) is 1.85. The highest BCUT2D eigenvalue weighted by Crippen LogP contribution is 2.48. The number of carbonyl (C=O) groups is 1. The number of Topliss-reactive ketones (excluding diaryl/α,β-unsaturated/α-hetero) is 1. The fourth-order valence-corrected chi connectivity index (χ4v) is 5.44. The summed E-state index contributed by atoms with van der Waals surface area (Å²) in [5.41, 5.74) is 13.6. The number of allylic oxidation sites excluding steroid dienone is 3. The van der Waals surface area contributed by atoms with Crippen LogP contribution in [0.15, 0.2) is 71.2 Å². The minimum absolute atomic E-state index is 0.0205. The number of benzene rings is 2. The maximum absolute atomic E-state index is 13.4. The van der Waals surface area contributed by atoms with Crippen LogP contribution in [0.4, 0.5) is 5.69 Å². The van der Waals surface area contributed by atoms with Crippen LogP contribution in [0.1, 0.15) is 47.6 Å². The second kappa shape index (κ2) is 8.75. The van der Waals surface area contributed by atoms with Gasteiger partial charge in [0.15, 0.2) is 5.78 Å². The largest absolute Gasteiger partial charge is 0.384 e. The third kappa shape index (κ3) is 3.73. The molecule has 1 atom stereocenters. The normalized spacial score (nSPS) is 18.1. The Labute approximate surface area is 209 Å². The molecule has 6 nitrogen and oxygen atoms in total. The minimum Gasteiger partial charge on any atom is -0.384 e. The summed E-state index contributed by atoms with van der Waals surface area (Å²) in [4.78, 5) is 15.3. The van der Waals surface area contributed by atoms with Crippen LogP contribution in [0.2, 0.25) is 5.15 Å². The SMILES string of the molecule is Cc1ccc(N2C(N)=C(C#N)C(c3c(C)nn(-c4ccc(C)cc4)c3Cl)C3=C2CCCC3=O)cc1. The van der Waals surface area contributed by atoms with Gasteiger partial charge in [0.25, 0.3) is 0 Å². The molecule has 1 unspecified atom stereocenters. The van der Waals surface area contributed by atoms with Crippen LogP contribution in [0.25, 0.3) is 5.69 Å². The minimum atomic E-state index is -0.656. The van der Waals surface area contributed by atoms with E-state index >= 15 is 0 Å². The Morgan fingerprint density at radius 2 is 1.60 bits per heavy atom. The molecule has 0 spiro atoms. The van der Waals surface area contributed by atoms with Crippen LogP contribution < -0.4 is 10.6 Å². The van der Waals surface area contributed by atoms with Crippen LogP contribution in [0.5, 0.6) is 0 Å². The fraction of sp³-hybridized carbons (Fsp3) is 0.250. The van der Waals surface area contributed by atoms with E-state index in [0.717, 1.165) is 34.6 Å². The highest BCUT2D eigenvalue weighted by molar-refractivity contribution is 6.31. The monoisotopic (exact) mass is 483 g/mol. The van der Waals surface area contributed by atoms with Gasteiger partial charge in [-0.05, 0) is 57.9 Å². The number of nitriles is 1. The Morgan fingerprint density at radius 1 is 1.00 bits per heavy atom. The lowest BCUT2D eigenvalue weighted by atomic mass is 9.75. The van der Waals surface area contributed by atoms with Gasteiger partial charge in [-0.2, -0.15) is 10.4 Å². The number of anilines is 1. The zero-order chi connectivity index (χ0) is 24.9. The molecule has 2 aromatic carbocycles. The molecule has 3 aromatic rings. The van der Waals surface area contributed by atoms with Gasteiger partial charge < -0.3 is 5.73 Å². The number of nitrogens with two attached hydrogens (primary N) is 1. The predicted octanol–water partition coefficient (Wildman–Crippen LogP) is 5.76. The van der Waals surface area contributed by atoms with Crippen molar-refractivity contribution in [1.29, 1.82) is 5.26 Å². The molecule has 1 aliphatic heterocycles. The number of aryl methyl sites for hydroxylation is 3. The van der Waals surface area contributed by atoms with Crippen molar-refractivity contribution >= 4 is 23.1 Å². The molecule has 0 saturated heterocycles. The number of rotatable bonds is 3. The summed E-state index contributed by atoms with van der Waals surface area (Å²) < 4.78 is 1.66. The molecular formula is C28H26ClN5O. The summed E-state index contributed by atoms with van der Waals surface area (Å²) in [6.45, 7) is 5.89. The van der Waals surface area contributed by atoms with Gasteiger partial charge in [0.05, 0.1) is 28.9 Å². The van der Waals surface area contributed by atoms with E-state index in [9.17, 15) is 10.1 Å². The number of hydrogen-bond acceptors (Lipinski definition) is 5. The van der Waals surface area contributed by atoms with E-state index in [1.165, 1.54) is 0 Å². The van der Waals surface area contributed by atoms with Gasteiger partial charge in [-0.15, -0.1) is 0 Å². The van der Waals surface area contributed by atoms with Crippen LogP contribution in [0.3, 0.4) is 0 Å². The van der Waals surface area contributed by atoms with E-state index in [-0.39, 0.29) is 5.78 Å². The lowest BCUT2D eigenvalue weighted by Gasteiger charge is -2.39. The Hall–Kier alpha value is -3.82. The Balaban J connectivity index is 1.73. The zero-order valence-corrected chi connectivity index (χ0v) is 20.7. The molecule has 0 bridgehead atoms. The molecule has 2 heterocycles. The third-order valence-corrected chi connectivity index (χ3v) is 7.18. The number of aromatic nitrogens is 2. The lowest BCUT2D eigenvalue weighted by Crippen LogP contribution is -2.38. The molecule has 2 aliphatic rings. The fourth-order valence-electron chi connectivity index (χ4n) is 5.06. The van der Waals surface area contributed by atoms with E-state index in [2.05, 4.69) is 6.07 Å². The third-order valence-electron chi connectivity index (χ3n) is 6.82. The Kier molecular flexibility index (Phi) is 5.74. The Morgan fingerprint density at radius 3 is 2.20 bits per heavy atom. The molecule has 0 amide bonds. The topological polar surface area (TPSA) is 87.9 Å². The van der Waals surface area contributed by atoms with E-state index < -0.39 is 5.92 Å². The first kappa shape index (κ1) is 22.9. The molecule has 0 fully saturated rings. The molecule has 2 N–H and O–H groups in total. The first-order valence-electron chi connectivity index (χ1n) is 11.7. The second-order valence-electron chi connectivity index (χ2n) is 9.19. The summed E-state index contributed by atoms with van der Waals surface area (Å²) >= 11 is 6.94. The van der Waals surface area contributed by atoms with Crippen LogP contribution in [-0.2, 0) is 4.79 Å². The maximum atomic E-state index is 13.4. The molecule has 7 heteroatoms. The highest BCUT2D eigenvalue weighted by atomic mass is 35.5. The van der Waals surface area contributed by atoms with Crippen molar-refractivity contribution < 1.29 is 4.79 Å². The van der Waals surface area contributed by atoms with Crippen molar-refractivity contribution in [3.63, 3.8) is 0 Å². The van der Waals surface area contributed by atoms with Crippen LogP contribution >= 0.6 is 11.6 Å². The van der Waals surface area contributed by atoms with Crippen molar-refractivity contribution in [3.8, 4) is 11.8 Å². The van der Waals surface area contributed by atoms with Crippen LogP contribution in [-0.4, -0.2) is 15.6 Å². The smallest absolute Gasteiger partial charge is 0.161 e. The van der Waals surface area contributed by atoms with Gasteiger partial charge >= 0.3 is 0 Å². The number of carbonyl (C=O) groups excluding carboxylic acids is 1. The number of ketones is 1. The highest BCUT2D eigenvalue weighted by Gasteiger charge is 2.42. The van der Waals surface area contributed by atoms with Gasteiger partial charge in [-0.25, -0.2) is 4.68 Å². The standard InChI is InChI=1S/C28H26ClN5O/c1-16-7-11-19(12-8-16)33-22-5-4-6-23(35)26(22)25(21(15-30)28(33)31)24-18(3)32-34(27(24)29)20-13-9-17(2)10-14-20/h7-14,25H,4-6,31H2,1-3H3. The summed E-state index contributed by atoms with van der Waals surface area (Å²) in [6, 6.07) is 18.1. The number of hydrogen-bond donors (Lipinski definition) is 1. The molecule has 176 valence electrons. The van der Waals surface area contributed by atoms with Crippen molar-refractivity contribution in [2.24, 2.45) is 5.73 Å².